The van der Waals surface area contributed by atoms with Crippen molar-refractivity contribution in [1.29, 1.82) is 0 Å². The van der Waals surface area contributed by atoms with Crippen LogP contribution in [0.15, 0.2) is 42.1 Å². The van der Waals surface area contributed by atoms with Crippen LogP contribution in [0.25, 0.3) is 10.9 Å². The lowest BCUT2D eigenvalue weighted by atomic mass is 9.47. The van der Waals surface area contributed by atoms with E-state index in [1.165, 1.54) is 62.3 Å². The summed E-state index contributed by atoms with van der Waals surface area (Å²) in [4.78, 5) is 13.2. The average Bonchev–Trinajstić information content (AvgIpc) is 3.49. The van der Waals surface area contributed by atoms with Gasteiger partial charge in [-0.15, -0.1) is 0 Å². The molecule has 1 aromatic heterocycles. The number of aryl methyl sites for hydroxylation is 1. The fourth-order valence-electron chi connectivity index (χ4n) is 10.9. The Morgan fingerprint density at radius 2 is 1.84 bits per heavy atom. The molecule has 3 saturated carbocycles. The Morgan fingerprint density at radius 3 is 2.63 bits per heavy atom. The molecule has 3 fully saturated rings. The number of benzene rings is 1. The third-order valence-corrected chi connectivity index (χ3v) is 13.3. The minimum atomic E-state index is -0.636. The Balaban J connectivity index is 1.08. The minimum absolute atomic E-state index is 0.0432. The number of aromatic nitrogens is 1. The topological polar surface area (TPSA) is 57.2 Å². The fraction of sp³-hybridized carbons (Fsp3) is 0.718. The smallest absolute Gasteiger partial charge is 0.323 e. The van der Waals surface area contributed by atoms with Crippen LogP contribution in [0.5, 0.6) is 0 Å². The quantitative estimate of drug-likeness (QED) is 0.236. The number of carbonyl (C=O) groups is 1. The number of allylic oxidation sites excluding steroid dienone is 1. The number of fused-ring (bicyclic) bond motifs is 6. The van der Waals surface area contributed by atoms with Crippen LogP contribution >= 0.6 is 0 Å². The predicted molar refractivity (Wildman–Crippen MR) is 178 cm³/mol. The Kier molecular flexibility index (Phi) is 8.65. The number of carbonyl (C=O) groups excluding carboxylic acids is 1. The Morgan fingerprint density at radius 1 is 1.05 bits per heavy atom. The minimum Gasteiger partial charge on any atom is -0.461 e. The van der Waals surface area contributed by atoms with Gasteiger partial charge in [-0.1, -0.05) is 83.7 Å². The molecule has 1 aromatic carbocycles. The SMILES string of the molecule is CC(C)CCC[C@@H](C)[C@H]1CC[C@H]2[C@@H]3CC=C4C[C@@H](OC(=O)[C@H](N)Cc5cn(C)c6ccccc56)CC[C@]4(C)[C@H]3CC[C@]12C. The molecular weight excluding hydrogens is 528 g/mol. The summed E-state index contributed by atoms with van der Waals surface area (Å²) in [6, 6.07) is 7.68. The van der Waals surface area contributed by atoms with Crippen molar-refractivity contribution in [2.24, 2.45) is 59.1 Å². The summed E-state index contributed by atoms with van der Waals surface area (Å²) >= 11 is 0. The second-order valence-electron chi connectivity index (χ2n) is 16.2. The van der Waals surface area contributed by atoms with E-state index in [1.54, 1.807) is 5.57 Å². The van der Waals surface area contributed by atoms with E-state index in [4.69, 9.17) is 10.5 Å². The Bertz CT molecular complexity index is 1340. The summed E-state index contributed by atoms with van der Waals surface area (Å²) in [5.74, 6) is 4.82. The maximum atomic E-state index is 13.2. The largest absolute Gasteiger partial charge is 0.461 e. The van der Waals surface area contributed by atoms with Gasteiger partial charge in [0, 0.05) is 37.0 Å². The number of esters is 1. The zero-order chi connectivity index (χ0) is 30.5. The first-order valence-corrected chi connectivity index (χ1v) is 17.7. The van der Waals surface area contributed by atoms with Gasteiger partial charge < -0.3 is 15.0 Å². The van der Waals surface area contributed by atoms with Gasteiger partial charge in [-0.2, -0.15) is 0 Å². The van der Waals surface area contributed by atoms with Crippen molar-refractivity contribution in [3.8, 4) is 0 Å². The maximum Gasteiger partial charge on any atom is 0.323 e. The second-order valence-corrected chi connectivity index (χ2v) is 16.2. The molecule has 0 unspecified atom stereocenters. The highest BCUT2D eigenvalue weighted by Crippen LogP contribution is 2.67. The van der Waals surface area contributed by atoms with Crippen LogP contribution in [0, 0.1) is 46.3 Å². The first kappa shape index (κ1) is 30.9. The van der Waals surface area contributed by atoms with Crippen molar-refractivity contribution in [2.45, 2.75) is 124 Å². The molecule has 0 spiro atoms. The summed E-state index contributed by atoms with van der Waals surface area (Å²) in [6.07, 6.45) is 19.2. The Labute approximate surface area is 261 Å². The maximum absolute atomic E-state index is 13.2. The fourth-order valence-corrected chi connectivity index (χ4v) is 10.9. The number of hydrogen-bond acceptors (Lipinski definition) is 3. The van der Waals surface area contributed by atoms with E-state index in [9.17, 15) is 4.79 Å². The lowest BCUT2D eigenvalue weighted by molar-refractivity contribution is -0.153. The van der Waals surface area contributed by atoms with Gasteiger partial charge in [0.2, 0.25) is 0 Å². The van der Waals surface area contributed by atoms with Crippen LogP contribution in [-0.2, 0) is 23.0 Å². The zero-order valence-corrected chi connectivity index (χ0v) is 27.9. The lowest BCUT2D eigenvalue weighted by Crippen LogP contribution is -2.51. The van der Waals surface area contributed by atoms with Gasteiger partial charge in [0.05, 0.1) is 0 Å². The van der Waals surface area contributed by atoms with Gasteiger partial charge in [-0.25, -0.2) is 0 Å². The monoisotopic (exact) mass is 586 g/mol. The van der Waals surface area contributed by atoms with E-state index < -0.39 is 6.04 Å². The molecule has 0 bridgehead atoms. The third kappa shape index (κ3) is 5.64. The molecule has 236 valence electrons. The van der Waals surface area contributed by atoms with Gasteiger partial charge in [0.1, 0.15) is 12.1 Å². The van der Waals surface area contributed by atoms with E-state index in [0.29, 0.717) is 11.8 Å². The van der Waals surface area contributed by atoms with Crippen LogP contribution in [0.2, 0.25) is 0 Å². The van der Waals surface area contributed by atoms with E-state index in [0.717, 1.165) is 60.3 Å². The predicted octanol–water partition coefficient (Wildman–Crippen LogP) is 9.00. The van der Waals surface area contributed by atoms with Gasteiger partial charge >= 0.3 is 5.97 Å². The summed E-state index contributed by atoms with van der Waals surface area (Å²) in [5.41, 5.74) is 11.1. The average molecular weight is 587 g/mol. The van der Waals surface area contributed by atoms with E-state index >= 15 is 0 Å². The van der Waals surface area contributed by atoms with Crippen molar-refractivity contribution >= 4 is 16.9 Å². The molecule has 9 atom stereocenters. The molecule has 2 N–H and O–H groups in total. The molecule has 0 radical (unpaired) electrons. The van der Waals surface area contributed by atoms with Crippen LogP contribution in [0.4, 0.5) is 0 Å². The van der Waals surface area contributed by atoms with Crippen LogP contribution in [-0.4, -0.2) is 22.7 Å². The molecule has 1 heterocycles. The van der Waals surface area contributed by atoms with Crippen molar-refractivity contribution < 1.29 is 9.53 Å². The molecular formula is C39H58N2O2. The number of ether oxygens (including phenoxy) is 1. The molecule has 0 amide bonds. The van der Waals surface area contributed by atoms with Crippen molar-refractivity contribution in [3.63, 3.8) is 0 Å². The Hall–Kier alpha value is -2.07. The first-order chi connectivity index (χ1) is 20.5. The number of nitrogens with zero attached hydrogens (tertiary/aromatic N) is 1. The van der Waals surface area contributed by atoms with Crippen molar-refractivity contribution in [3.05, 3.63) is 47.7 Å². The van der Waals surface area contributed by atoms with Crippen molar-refractivity contribution in [2.75, 3.05) is 0 Å². The highest BCUT2D eigenvalue weighted by molar-refractivity contribution is 5.85. The molecule has 2 aromatic rings. The molecule has 0 aliphatic heterocycles. The van der Waals surface area contributed by atoms with Crippen molar-refractivity contribution in [1.82, 2.24) is 4.57 Å². The number of hydrogen-bond donors (Lipinski definition) is 1. The van der Waals surface area contributed by atoms with Gasteiger partial charge in [0.25, 0.3) is 0 Å². The molecule has 6 rings (SSSR count). The number of nitrogens with two attached hydrogens (primary N) is 1. The molecule has 0 saturated heterocycles. The number of rotatable bonds is 9. The highest BCUT2D eigenvalue weighted by Gasteiger charge is 2.59. The number of para-hydroxylation sites is 1. The summed E-state index contributed by atoms with van der Waals surface area (Å²) in [7, 11) is 2.05. The van der Waals surface area contributed by atoms with Crippen LogP contribution in [0.3, 0.4) is 0 Å². The van der Waals surface area contributed by atoms with Gasteiger partial charge in [-0.05, 0) is 103 Å². The van der Waals surface area contributed by atoms with E-state index in [1.807, 2.05) is 19.2 Å². The lowest BCUT2D eigenvalue weighted by Gasteiger charge is -2.58. The molecule has 4 nitrogen and oxygen atoms in total. The van der Waals surface area contributed by atoms with Crippen LogP contribution in [0.1, 0.15) is 111 Å². The zero-order valence-electron chi connectivity index (χ0n) is 27.9. The second kappa shape index (κ2) is 12.0. The standard InChI is InChI=1S/C39H58N2O2/c1-25(2)10-9-11-26(3)32-16-17-33-31-15-14-28-23-29(18-20-38(28,4)34(31)19-21-39(32,33)5)43-37(42)35(40)22-27-24-41(6)36-13-8-7-12-30(27)36/h7-8,12-14,24-26,29,31-35H,9-11,15-23,40H2,1-6H3/t26-,29+,31+,32-,33+,34+,35-,38+,39-/m1/s1. The van der Waals surface area contributed by atoms with Gasteiger partial charge in [0.15, 0.2) is 0 Å². The third-order valence-electron chi connectivity index (χ3n) is 13.3. The normalized spacial score (nSPS) is 35.2. The van der Waals surface area contributed by atoms with Crippen LogP contribution < -0.4 is 5.73 Å². The summed E-state index contributed by atoms with van der Waals surface area (Å²) < 4.78 is 8.25. The highest BCUT2D eigenvalue weighted by atomic mass is 16.5. The molecule has 4 aliphatic carbocycles. The van der Waals surface area contributed by atoms with Gasteiger partial charge in [-0.3, -0.25) is 4.79 Å². The van der Waals surface area contributed by atoms with E-state index in [2.05, 4.69) is 63.6 Å². The molecule has 4 heteroatoms. The molecule has 43 heavy (non-hydrogen) atoms. The summed E-state index contributed by atoms with van der Waals surface area (Å²) in [5, 5.41) is 1.17. The van der Waals surface area contributed by atoms with E-state index in [-0.39, 0.29) is 17.5 Å². The molecule has 4 aliphatic rings. The summed E-state index contributed by atoms with van der Waals surface area (Å²) in [6.45, 7) is 12.5. The first-order valence-electron chi connectivity index (χ1n) is 17.7.